The Balaban J connectivity index is 2.10. The third-order valence-corrected chi connectivity index (χ3v) is 4.85. The fourth-order valence-corrected chi connectivity index (χ4v) is 3.04. The van der Waals surface area contributed by atoms with E-state index in [1.165, 1.54) is 17.5 Å². The lowest BCUT2D eigenvalue weighted by molar-refractivity contribution is 0.467. The van der Waals surface area contributed by atoms with E-state index in [1.54, 1.807) is 6.20 Å². The van der Waals surface area contributed by atoms with Crippen molar-refractivity contribution in [1.82, 2.24) is 19.5 Å². The normalized spacial score (nSPS) is 11.9. The minimum Gasteiger partial charge on any atom is -0.326 e. The summed E-state index contributed by atoms with van der Waals surface area (Å²) in [6.45, 7) is 0.460. The number of likely N-dealkylation sites (N-methyl/N-ethyl adjacent to an activating group) is 1. The smallest absolute Gasteiger partial charge is 0.260 e. The van der Waals surface area contributed by atoms with Crippen molar-refractivity contribution in [1.29, 1.82) is 0 Å². The van der Waals surface area contributed by atoms with E-state index in [9.17, 15) is 8.42 Å². The van der Waals surface area contributed by atoms with E-state index in [2.05, 4.69) is 15.2 Å². The molecule has 0 aromatic carbocycles. The van der Waals surface area contributed by atoms with Crippen LogP contribution in [0.1, 0.15) is 11.3 Å². The predicted octanol–water partition coefficient (Wildman–Crippen LogP) is 0.127. The number of aromatic nitrogens is 3. The van der Waals surface area contributed by atoms with E-state index in [1.807, 2.05) is 18.2 Å². The molecule has 108 valence electrons. The Morgan fingerprint density at radius 2 is 2.20 bits per heavy atom. The molecular formula is C12H17N5O2S. The number of nitrogens with zero attached hydrogens (tertiary/aromatic N) is 3. The number of nitrogens with two attached hydrogens (primary N) is 1. The molecule has 0 radical (unpaired) electrons. The van der Waals surface area contributed by atoms with Crippen LogP contribution in [0, 0.1) is 0 Å². The van der Waals surface area contributed by atoms with Crippen molar-refractivity contribution < 1.29 is 8.42 Å². The van der Waals surface area contributed by atoms with Crippen LogP contribution in [0.3, 0.4) is 0 Å². The second-order valence-corrected chi connectivity index (χ2v) is 6.31. The maximum absolute atomic E-state index is 12.4. The van der Waals surface area contributed by atoms with E-state index < -0.39 is 10.0 Å². The Hall–Kier alpha value is -1.77. The Kier molecular flexibility index (Phi) is 4.48. The standard InChI is InChI=1S/C12H17N5O2S/c1-17(7-5-11-4-2-3-6-14-11)20(18,19)12-10(8-13)9-15-16-12/h2-4,6,9H,5,7-8,13H2,1H3,(H,15,16). The molecule has 0 bridgehead atoms. The fraction of sp³-hybridized carbons (Fsp3) is 0.333. The molecular weight excluding hydrogens is 278 g/mol. The summed E-state index contributed by atoms with van der Waals surface area (Å²) in [5, 5.41) is 6.30. The van der Waals surface area contributed by atoms with E-state index in [0.717, 1.165) is 5.69 Å². The van der Waals surface area contributed by atoms with Gasteiger partial charge >= 0.3 is 0 Å². The average Bonchev–Trinajstić information content (AvgIpc) is 2.95. The molecule has 0 aliphatic rings. The lowest BCUT2D eigenvalue weighted by Gasteiger charge is -2.16. The summed E-state index contributed by atoms with van der Waals surface area (Å²) in [6, 6.07) is 5.56. The van der Waals surface area contributed by atoms with Gasteiger partial charge in [0.2, 0.25) is 0 Å². The maximum Gasteiger partial charge on any atom is 0.260 e. The van der Waals surface area contributed by atoms with E-state index in [-0.39, 0.29) is 11.6 Å². The molecule has 2 aromatic heterocycles. The van der Waals surface area contributed by atoms with Crippen LogP contribution in [0.15, 0.2) is 35.6 Å². The second-order valence-electron chi connectivity index (χ2n) is 4.33. The summed E-state index contributed by atoms with van der Waals surface area (Å²) in [6.07, 6.45) is 3.66. The summed E-state index contributed by atoms with van der Waals surface area (Å²) in [7, 11) is -2.07. The van der Waals surface area contributed by atoms with Gasteiger partial charge in [-0.15, -0.1) is 0 Å². The van der Waals surface area contributed by atoms with Gasteiger partial charge in [0.1, 0.15) is 0 Å². The molecule has 0 amide bonds. The summed E-state index contributed by atoms with van der Waals surface area (Å²) < 4.78 is 26.0. The van der Waals surface area contributed by atoms with Crippen molar-refractivity contribution in [3.63, 3.8) is 0 Å². The molecule has 7 nitrogen and oxygen atoms in total. The van der Waals surface area contributed by atoms with Gasteiger partial charge in [0.15, 0.2) is 5.03 Å². The quantitative estimate of drug-likeness (QED) is 0.788. The monoisotopic (exact) mass is 295 g/mol. The zero-order valence-electron chi connectivity index (χ0n) is 11.2. The fourth-order valence-electron chi connectivity index (χ4n) is 1.76. The van der Waals surface area contributed by atoms with Crippen LogP contribution < -0.4 is 5.73 Å². The Morgan fingerprint density at radius 3 is 2.85 bits per heavy atom. The van der Waals surface area contributed by atoms with Gasteiger partial charge in [-0.1, -0.05) is 6.07 Å². The average molecular weight is 295 g/mol. The molecule has 0 saturated carbocycles. The first-order valence-corrected chi connectivity index (χ1v) is 7.58. The Morgan fingerprint density at radius 1 is 1.40 bits per heavy atom. The molecule has 0 aliphatic carbocycles. The first-order chi connectivity index (χ1) is 9.55. The minimum absolute atomic E-state index is 0.0588. The highest BCUT2D eigenvalue weighted by Crippen LogP contribution is 2.16. The van der Waals surface area contributed by atoms with Crippen LogP contribution in [0.4, 0.5) is 0 Å². The van der Waals surface area contributed by atoms with Crippen molar-refractivity contribution in [3.8, 4) is 0 Å². The van der Waals surface area contributed by atoms with Crippen molar-refractivity contribution in [2.24, 2.45) is 5.73 Å². The van der Waals surface area contributed by atoms with Crippen LogP contribution in [-0.2, 0) is 23.0 Å². The Labute approximate surface area is 117 Å². The van der Waals surface area contributed by atoms with Crippen LogP contribution in [0.2, 0.25) is 0 Å². The summed E-state index contributed by atoms with van der Waals surface area (Å²) in [4.78, 5) is 4.17. The molecule has 3 N–H and O–H groups in total. The van der Waals surface area contributed by atoms with Crippen LogP contribution in [0.25, 0.3) is 0 Å². The van der Waals surface area contributed by atoms with Crippen LogP contribution in [0.5, 0.6) is 0 Å². The van der Waals surface area contributed by atoms with Gasteiger partial charge < -0.3 is 5.73 Å². The number of nitrogens with one attached hydrogen (secondary N) is 1. The highest BCUT2D eigenvalue weighted by molar-refractivity contribution is 7.89. The van der Waals surface area contributed by atoms with E-state index >= 15 is 0 Å². The number of aromatic amines is 1. The molecule has 0 spiro atoms. The van der Waals surface area contributed by atoms with E-state index in [4.69, 9.17) is 5.73 Å². The predicted molar refractivity (Wildman–Crippen MR) is 74.2 cm³/mol. The van der Waals surface area contributed by atoms with Crippen molar-refractivity contribution in [3.05, 3.63) is 41.9 Å². The van der Waals surface area contributed by atoms with Gasteiger partial charge in [-0.2, -0.15) is 9.40 Å². The molecule has 0 fully saturated rings. The molecule has 2 aromatic rings. The van der Waals surface area contributed by atoms with Gasteiger partial charge in [-0.25, -0.2) is 8.42 Å². The molecule has 0 atom stereocenters. The molecule has 8 heteroatoms. The van der Waals surface area contributed by atoms with Gasteiger partial charge in [0, 0.05) is 44.0 Å². The van der Waals surface area contributed by atoms with Crippen LogP contribution >= 0.6 is 0 Å². The lowest BCUT2D eigenvalue weighted by atomic mass is 10.3. The van der Waals surface area contributed by atoms with Crippen LogP contribution in [-0.4, -0.2) is 41.5 Å². The number of hydrogen-bond acceptors (Lipinski definition) is 5. The van der Waals surface area contributed by atoms with Gasteiger partial charge in [-0.3, -0.25) is 10.1 Å². The number of H-pyrrole nitrogens is 1. The zero-order valence-corrected chi connectivity index (χ0v) is 12.0. The van der Waals surface area contributed by atoms with Crippen molar-refractivity contribution in [2.45, 2.75) is 18.0 Å². The summed E-state index contributed by atoms with van der Waals surface area (Å²) >= 11 is 0. The topological polar surface area (TPSA) is 105 Å². The third kappa shape index (κ3) is 3.03. The number of hydrogen-bond donors (Lipinski definition) is 2. The second kappa shape index (κ2) is 6.12. The van der Waals surface area contributed by atoms with E-state index in [0.29, 0.717) is 18.5 Å². The molecule has 0 unspecified atom stereocenters. The SMILES string of the molecule is CN(CCc1ccccn1)S(=O)(=O)c1[nH]ncc1CN. The first-order valence-electron chi connectivity index (χ1n) is 6.14. The summed E-state index contributed by atoms with van der Waals surface area (Å²) in [5.41, 5.74) is 6.83. The largest absolute Gasteiger partial charge is 0.326 e. The zero-order chi connectivity index (χ0) is 14.6. The molecule has 20 heavy (non-hydrogen) atoms. The molecule has 2 rings (SSSR count). The molecule has 0 aliphatic heterocycles. The van der Waals surface area contributed by atoms with Crippen molar-refractivity contribution >= 4 is 10.0 Å². The highest BCUT2D eigenvalue weighted by Gasteiger charge is 2.25. The molecule has 0 saturated heterocycles. The Bertz CT molecular complexity index is 653. The molecule has 2 heterocycles. The highest BCUT2D eigenvalue weighted by atomic mass is 32.2. The van der Waals surface area contributed by atoms with Gasteiger partial charge in [0.05, 0.1) is 6.20 Å². The number of sulfonamides is 1. The van der Waals surface area contributed by atoms with Gasteiger partial charge in [0.25, 0.3) is 10.0 Å². The van der Waals surface area contributed by atoms with Crippen molar-refractivity contribution in [2.75, 3.05) is 13.6 Å². The third-order valence-electron chi connectivity index (χ3n) is 2.98. The van der Waals surface area contributed by atoms with Gasteiger partial charge in [-0.05, 0) is 12.1 Å². The lowest BCUT2D eigenvalue weighted by Crippen LogP contribution is -2.30. The number of pyridine rings is 1. The minimum atomic E-state index is -3.60. The summed E-state index contributed by atoms with van der Waals surface area (Å²) in [5.74, 6) is 0. The number of rotatable bonds is 6. The first kappa shape index (κ1) is 14.6. The maximum atomic E-state index is 12.4.